The average Bonchev–Trinajstić information content (AvgIpc) is 2.56. The van der Waals surface area contributed by atoms with Crippen LogP contribution in [0, 0.1) is 6.92 Å². The van der Waals surface area contributed by atoms with Crippen LogP contribution in [0.3, 0.4) is 0 Å². The Kier molecular flexibility index (Phi) is 3.70. The molecule has 0 aromatic carbocycles. The van der Waals surface area contributed by atoms with Crippen molar-refractivity contribution in [2.45, 2.75) is 46.3 Å². The maximum Gasteiger partial charge on any atom is 0.323 e. The van der Waals surface area contributed by atoms with Crippen molar-refractivity contribution in [3.8, 4) is 0 Å². The number of aryl methyl sites for hydroxylation is 2. The molecule has 1 aromatic heterocycles. The summed E-state index contributed by atoms with van der Waals surface area (Å²) < 4.78 is 1.88. The Morgan fingerprint density at radius 1 is 1.62 bits per heavy atom. The molecule has 0 aliphatic heterocycles. The van der Waals surface area contributed by atoms with Gasteiger partial charge in [-0.05, 0) is 33.8 Å². The molecule has 5 nitrogen and oxygen atoms in total. The molecule has 0 spiro atoms. The number of nitrogens with one attached hydrogen (secondary N) is 1. The number of aromatic nitrogens is 2. The molecular formula is C11H19N3O2. The number of hydrogen-bond donors (Lipinski definition) is 2. The SMILES string of the molecule is CCn1nc(C)cc1CNC(C)(C)C(=O)O. The molecule has 1 rings (SSSR count). The van der Waals surface area contributed by atoms with E-state index in [2.05, 4.69) is 10.4 Å². The lowest BCUT2D eigenvalue weighted by atomic mass is 10.1. The molecule has 0 saturated heterocycles. The number of rotatable bonds is 5. The third kappa shape index (κ3) is 2.82. The van der Waals surface area contributed by atoms with Gasteiger partial charge in [-0.2, -0.15) is 5.10 Å². The molecule has 0 aliphatic carbocycles. The van der Waals surface area contributed by atoms with E-state index in [1.807, 2.05) is 24.6 Å². The molecule has 0 fully saturated rings. The zero-order valence-corrected chi connectivity index (χ0v) is 10.2. The summed E-state index contributed by atoms with van der Waals surface area (Å²) in [6, 6.07) is 1.97. The summed E-state index contributed by atoms with van der Waals surface area (Å²) in [5.41, 5.74) is 1.04. The monoisotopic (exact) mass is 225 g/mol. The lowest BCUT2D eigenvalue weighted by molar-refractivity contribution is -0.143. The van der Waals surface area contributed by atoms with Crippen molar-refractivity contribution in [3.63, 3.8) is 0 Å². The minimum absolute atomic E-state index is 0.508. The van der Waals surface area contributed by atoms with Crippen molar-refractivity contribution in [1.29, 1.82) is 0 Å². The molecule has 0 aliphatic rings. The highest BCUT2D eigenvalue weighted by molar-refractivity contribution is 5.77. The van der Waals surface area contributed by atoms with Gasteiger partial charge < -0.3 is 5.11 Å². The third-order valence-corrected chi connectivity index (χ3v) is 2.53. The van der Waals surface area contributed by atoms with Gasteiger partial charge in [-0.25, -0.2) is 0 Å². The molecule has 1 heterocycles. The van der Waals surface area contributed by atoms with E-state index in [1.54, 1.807) is 13.8 Å². The van der Waals surface area contributed by atoms with Crippen molar-refractivity contribution in [3.05, 3.63) is 17.5 Å². The summed E-state index contributed by atoms with van der Waals surface area (Å²) in [6.45, 7) is 8.53. The van der Waals surface area contributed by atoms with E-state index in [9.17, 15) is 4.79 Å². The van der Waals surface area contributed by atoms with Crippen molar-refractivity contribution >= 4 is 5.97 Å². The Bertz CT molecular complexity index is 383. The molecule has 1 aromatic rings. The molecule has 16 heavy (non-hydrogen) atoms. The summed E-state index contributed by atoms with van der Waals surface area (Å²) in [5, 5.41) is 16.3. The molecule has 2 N–H and O–H groups in total. The van der Waals surface area contributed by atoms with E-state index < -0.39 is 11.5 Å². The summed E-state index contributed by atoms with van der Waals surface area (Å²) in [7, 11) is 0. The number of carboxylic acids is 1. The maximum atomic E-state index is 10.9. The van der Waals surface area contributed by atoms with Gasteiger partial charge in [0.05, 0.1) is 11.4 Å². The Morgan fingerprint density at radius 2 is 2.25 bits per heavy atom. The Labute approximate surface area is 95.5 Å². The minimum Gasteiger partial charge on any atom is -0.480 e. The number of carboxylic acid groups (broad SMARTS) is 1. The lowest BCUT2D eigenvalue weighted by Gasteiger charge is -2.21. The molecule has 0 amide bonds. The van der Waals surface area contributed by atoms with Crippen LogP contribution in [0.1, 0.15) is 32.2 Å². The van der Waals surface area contributed by atoms with Crippen LogP contribution >= 0.6 is 0 Å². The largest absolute Gasteiger partial charge is 0.480 e. The van der Waals surface area contributed by atoms with Crippen molar-refractivity contribution in [2.75, 3.05) is 0 Å². The summed E-state index contributed by atoms with van der Waals surface area (Å²) in [5.74, 6) is -0.855. The highest BCUT2D eigenvalue weighted by Crippen LogP contribution is 2.07. The van der Waals surface area contributed by atoms with E-state index in [4.69, 9.17) is 5.11 Å². The maximum absolute atomic E-state index is 10.9. The standard InChI is InChI=1S/C11H19N3O2/c1-5-14-9(6-8(2)13-14)7-12-11(3,4)10(15)16/h6,12H,5,7H2,1-4H3,(H,15,16). The van der Waals surface area contributed by atoms with Crippen LogP contribution in [0.15, 0.2) is 6.07 Å². The number of nitrogens with zero attached hydrogens (tertiary/aromatic N) is 2. The van der Waals surface area contributed by atoms with Gasteiger partial charge >= 0.3 is 5.97 Å². The van der Waals surface area contributed by atoms with Crippen LogP contribution < -0.4 is 5.32 Å². The molecule has 0 bridgehead atoms. The van der Waals surface area contributed by atoms with Crippen LogP contribution in [0.4, 0.5) is 0 Å². The topological polar surface area (TPSA) is 67.2 Å². The van der Waals surface area contributed by atoms with Crippen LogP contribution in [0.5, 0.6) is 0 Å². The van der Waals surface area contributed by atoms with Gasteiger partial charge in [-0.1, -0.05) is 0 Å². The molecule has 0 saturated carbocycles. The Morgan fingerprint density at radius 3 is 2.75 bits per heavy atom. The van der Waals surface area contributed by atoms with E-state index >= 15 is 0 Å². The van der Waals surface area contributed by atoms with Gasteiger partial charge in [-0.3, -0.25) is 14.8 Å². The fraction of sp³-hybridized carbons (Fsp3) is 0.636. The zero-order chi connectivity index (χ0) is 12.3. The van der Waals surface area contributed by atoms with E-state index in [0.717, 1.165) is 17.9 Å². The summed E-state index contributed by atoms with van der Waals surface area (Å²) in [4.78, 5) is 10.9. The molecule has 0 atom stereocenters. The first-order valence-electron chi connectivity index (χ1n) is 5.38. The van der Waals surface area contributed by atoms with E-state index in [-0.39, 0.29) is 0 Å². The second-order valence-electron chi connectivity index (χ2n) is 4.38. The van der Waals surface area contributed by atoms with Crippen molar-refractivity contribution in [2.24, 2.45) is 0 Å². The minimum atomic E-state index is -0.920. The first-order valence-corrected chi connectivity index (χ1v) is 5.38. The summed E-state index contributed by atoms with van der Waals surface area (Å²) in [6.07, 6.45) is 0. The Hall–Kier alpha value is -1.36. The normalized spacial score (nSPS) is 11.8. The molecule has 0 unspecified atom stereocenters. The number of carbonyl (C=O) groups is 1. The molecular weight excluding hydrogens is 206 g/mol. The predicted octanol–water partition coefficient (Wildman–Crippen LogP) is 1.16. The number of aliphatic carboxylic acids is 1. The molecule has 0 radical (unpaired) electrons. The first-order chi connectivity index (χ1) is 7.36. The second-order valence-corrected chi connectivity index (χ2v) is 4.38. The lowest BCUT2D eigenvalue weighted by Crippen LogP contribution is -2.46. The van der Waals surface area contributed by atoms with Gasteiger partial charge in [0.15, 0.2) is 0 Å². The van der Waals surface area contributed by atoms with Crippen LogP contribution in [-0.2, 0) is 17.9 Å². The van der Waals surface area contributed by atoms with Gasteiger partial charge in [0.25, 0.3) is 0 Å². The van der Waals surface area contributed by atoms with Crippen LogP contribution in [0.2, 0.25) is 0 Å². The third-order valence-electron chi connectivity index (χ3n) is 2.53. The van der Waals surface area contributed by atoms with Crippen LogP contribution in [-0.4, -0.2) is 26.4 Å². The van der Waals surface area contributed by atoms with Crippen molar-refractivity contribution < 1.29 is 9.90 Å². The molecule has 5 heteroatoms. The van der Waals surface area contributed by atoms with Gasteiger partial charge in [0.1, 0.15) is 5.54 Å². The van der Waals surface area contributed by atoms with Crippen molar-refractivity contribution in [1.82, 2.24) is 15.1 Å². The fourth-order valence-electron chi connectivity index (χ4n) is 1.40. The average molecular weight is 225 g/mol. The van der Waals surface area contributed by atoms with E-state index in [1.165, 1.54) is 0 Å². The quantitative estimate of drug-likeness (QED) is 0.789. The van der Waals surface area contributed by atoms with Gasteiger partial charge in [0.2, 0.25) is 0 Å². The Balaban J connectivity index is 2.71. The van der Waals surface area contributed by atoms with Crippen LogP contribution in [0.25, 0.3) is 0 Å². The number of hydrogen-bond acceptors (Lipinski definition) is 3. The smallest absolute Gasteiger partial charge is 0.323 e. The second kappa shape index (κ2) is 4.65. The van der Waals surface area contributed by atoms with E-state index in [0.29, 0.717) is 6.54 Å². The zero-order valence-electron chi connectivity index (χ0n) is 10.2. The summed E-state index contributed by atoms with van der Waals surface area (Å²) >= 11 is 0. The highest BCUT2D eigenvalue weighted by atomic mass is 16.4. The predicted molar refractivity (Wildman–Crippen MR) is 61.2 cm³/mol. The molecule has 90 valence electrons. The van der Waals surface area contributed by atoms with Gasteiger partial charge in [-0.15, -0.1) is 0 Å². The fourth-order valence-corrected chi connectivity index (χ4v) is 1.40. The highest BCUT2D eigenvalue weighted by Gasteiger charge is 2.26. The first kappa shape index (κ1) is 12.7. The van der Waals surface area contributed by atoms with Gasteiger partial charge in [0, 0.05) is 13.1 Å².